The number of carboxylic acid groups (broad SMARTS) is 1. The molecule has 0 bridgehead atoms. The molecule has 4 heteroatoms. The Bertz CT molecular complexity index is 425. The maximum atomic E-state index is 11.4. The second kappa shape index (κ2) is 5.40. The summed E-state index contributed by atoms with van der Waals surface area (Å²) in [7, 11) is 1.63. The van der Waals surface area contributed by atoms with Crippen molar-refractivity contribution in [2.75, 3.05) is 7.11 Å². The summed E-state index contributed by atoms with van der Waals surface area (Å²) in [6, 6.07) is 7.68. The van der Waals surface area contributed by atoms with Gasteiger partial charge in [0.2, 0.25) is 0 Å². The van der Waals surface area contributed by atoms with Crippen LogP contribution in [0.25, 0.3) is 0 Å². The average molecular weight is 249 g/mol. The van der Waals surface area contributed by atoms with Gasteiger partial charge in [0.1, 0.15) is 11.3 Å². The van der Waals surface area contributed by atoms with Crippen LogP contribution in [0.5, 0.6) is 5.75 Å². The number of hydrogen-bond acceptors (Lipinski definition) is 3. The maximum absolute atomic E-state index is 11.4. The fraction of sp³-hybridized carbons (Fsp3) is 0.500. The van der Waals surface area contributed by atoms with Crippen molar-refractivity contribution in [1.29, 1.82) is 0 Å². The number of methoxy groups -OCH3 is 1. The highest BCUT2D eigenvalue weighted by molar-refractivity contribution is 5.79. The molecule has 1 saturated carbocycles. The minimum absolute atomic E-state index is 0.524. The van der Waals surface area contributed by atoms with Crippen LogP contribution in [-0.2, 0) is 11.3 Å². The normalized spacial score (nSPS) is 17.6. The maximum Gasteiger partial charge on any atom is 0.323 e. The Morgan fingerprint density at radius 2 is 2.06 bits per heavy atom. The lowest BCUT2D eigenvalue weighted by Crippen LogP contribution is -2.49. The quantitative estimate of drug-likeness (QED) is 0.839. The van der Waals surface area contributed by atoms with Crippen molar-refractivity contribution >= 4 is 5.97 Å². The van der Waals surface area contributed by atoms with Crippen molar-refractivity contribution in [2.24, 2.45) is 0 Å². The molecule has 4 nitrogen and oxygen atoms in total. The number of hydrogen-bond donors (Lipinski definition) is 2. The van der Waals surface area contributed by atoms with Crippen LogP contribution in [0.3, 0.4) is 0 Å². The van der Waals surface area contributed by atoms with Gasteiger partial charge in [-0.2, -0.15) is 0 Å². The second-order valence-electron chi connectivity index (χ2n) is 4.76. The van der Waals surface area contributed by atoms with Gasteiger partial charge in [0.05, 0.1) is 7.11 Å². The number of carbonyl (C=O) groups is 1. The van der Waals surface area contributed by atoms with Crippen LogP contribution < -0.4 is 10.1 Å². The largest absolute Gasteiger partial charge is 0.496 e. The number of para-hydroxylation sites is 1. The number of aliphatic carboxylic acids is 1. The number of benzene rings is 1. The van der Waals surface area contributed by atoms with Crippen molar-refractivity contribution in [2.45, 2.75) is 37.8 Å². The summed E-state index contributed by atoms with van der Waals surface area (Å²) in [5.74, 6) is 0.0541. The first-order valence-electron chi connectivity index (χ1n) is 6.28. The van der Waals surface area contributed by atoms with Gasteiger partial charge in [-0.05, 0) is 18.9 Å². The summed E-state index contributed by atoms with van der Waals surface area (Å²) in [5, 5.41) is 12.6. The highest BCUT2D eigenvalue weighted by Crippen LogP contribution is 2.30. The summed E-state index contributed by atoms with van der Waals surface area (Å²) in [6.45, 7) is 0.524. The molecule has 0 aromatic heterocycles. The van der Waals surface area contributed by atoms with E-state index in [2.05, 4.69) is 5.32 Å². The molecule has 1 aromatic carbocycles. The Balaban J connectivity index is 2.08. The lowest BCUT2D eigenvalue weighted by atomic mass is 9.97. The topological polar surface area (TPSA) is 58.6 Å². The molecule has 1 fully saturated rings. The van der Waals surface area contributed by atoms with Crippen LogP contribution in [0, 0.1) is 0 Å². The standard InChI is InChI=1S/C14H19NO3/c1-18-12-7-3-2-6-11(12)10-15-14(13(16)17)8-4-5-9-14/h2-3,6-7,15H,4-5,8-10H2,1H3,(H,16,17). The Morgan fingerprint density at radius 1 is 1.39 bits per heavy atom. The van der Waals surface area contributed by atoms with E-state index in [1.165, 1.54) is 0 Å². The summed E-state index contributed by atoms with van der Waals surface area (Å²) in [5.41, 5.74) is 0.244. The number of carboxylic acids is 1. The van der Waals surface area contributed by atoms with E-state index in [9.17, 15) is 9.90 Å². The van der Waals surface area contributed by atoms with Crippen molar-refractivity contribution in [3.63, 3.8) is 0 Å². The Kier molecular flexibility index (Phi) is 3.87. The van der Waals surface area contributed by atoms with E-state index in [0.717, 1.165) is 24.2 Å². The van der Waals surface area contributed by atoms with E-state index >= 15 is 0 Å². The minimum Gasteiger partial charge on any atom is -0.496 e. The van der Waals surface area contributed by atoms with E-state index in [0.29, 0.717) is 19.4 Å². The molecule has 0 unspecified atom stereocenters. The molecule has 0 aliphatic heterocycles. The molecular weight excluding hydrogens is 230 g/mol. The molecule has 0 saturated heterocycles. The van der Waals surface area contributed by atoms with E-state index in [1.54, 1.807) is 7.11 Å². The molecule has 2 N–H and O–H groups in total. The van der Waals surface area contributed by atoms with Crippen LogP contribution in [0.4, 0.5) is 0 Å². The lowest BCUT2D eigenvalue weighted by Gasteiger charge is -2.25. The van der Waals surface area contributed by atoms with Crippen molar-refractivity contribution in [3.8, 4) is 5.75 Å². The second-order valence-corrected chi connectivity index (χ2v) is 4.76. The van der Waals surface area contributed by atoms with Crippen LogP contribution in [0.2, 0.25) is 0 Å². The van der Waals surface area contributed by atoms with E-state index in [4.69, 9.17) is 4.74 Å². The van der Waals surface area contributed by atoms with Crippen molar-refractivity contribution in [3.05, 3.63) is 29.8 Å². The zero-order chi connectivity index (χ0) is 13.0. The average Bonchev–Trinajstić information content (AvgIpc) is 2.87. The van der Waals surface area contributed by atoms with Gasteiger partial charge < -0.3 is 9.84 Å². The molecule has 0 spiro atoms. The fourth-order valence-corrected chi connectivity index (χ4v) is 2.56. The van der Waals surface area contributed by atoms with Gasteiger partial charge in [-0.3, -0.25) is 10.1 Å². The van der Waals surface area contributed by atoms with Gasteiger partial charge >= 0.3 is 5.97 Å². The van der Waals surface area contributed by atoms with Gasteiger partial charge in [0, 0.05) is 12.1 Å². The molecular formula is C14H19NO3. The first kappa shape index (κ1) is 12.9. The first-order valence-corrected chi connectivity index (χ1v) is 6.28. The summed E-state index contributed by atoms with van der Waals surface area (Å²) in [6.07, 6.45) is 3.37. The third kappa shape index (κ3) is 2.48. The predicted octanol–water partition coefficient (Wildman–Crippen LogP) is 2.18. The van der Waals surface area contributed by atoms with Gasteiger partial charge in [0.25, 0.3) is 0 Å². The van der Waals surface area contributed by atoms with Crippen LogP contribution in [-0.4, -0.2) is 23.7 Å². The van der Waals surface area contributed by atoms with E-state index in [1.807, 2.05) is 24.3 Å². The number of ether oxygens (including phenoxy) is 1. The first-order chi connectivity index (χ1) is 8.68. The van der Waals surface area contributed by atoms with Crippen molar-refractivity contribution < 1.29 is 14.6 Å². The summed E-state index contributed by atoms with van der Waals surface area (Å²) in [4.78, 5) is 11.4. The minimum atomic E-state index is -0.749. The molecule has 1 aliphatic carbocycles. The highest BCUT2D eigenvalue weighted by Gasteiger charge is 2.40. The summed E-state index contributed by atoms with van der Waals surface area (Å²) < 4.78 is 5.27. The fourth-order valence-electron chi connectivity index (χ4n) is 2.56. The van der Waals surface area contributed by atoms with E-state index < -0.39 is 11.5 Å². The monoisotopic (exact) mass is 249 g/mol. The third-order valence-corrected chi connectivity index (χ3v) is 3.68. The van der Waals surface area contributed by atoms with Crippen LogP contribution in [0.15, 0.2) is 24.3 Å². The molecule has 0 atom stereocenters. The zero-order valence-electron chi connectivity index (χ0n) is 10.6. The molecule has 18 heavy (non-hydrogen) atoms. The summed E-state index contributed by atoms with van der Waals surface area (Å²) >= 11 is 0. The molecule has 98 valence electrons. The predicted molar refractivity (Wildman–Crippen MR) is 68.7 cm³/mol. The lowest BCUT2D eigenvalue weighted by molar-refractivity contribution is -0.144. The van der Waals surface area contributed by atoms with Gasteiger partial charge in [0.15, 0.2) is 0 Å². The molecule has 1 aromatic rings. The van der Waals surface area contributed by atoms with E-state index in [-0.39, 0.29) is 0 Å². The Labute approximate surface area is 107 Å². The Hall–Kier alpha value is -1.55. The zero-order valence-corrected chi connectivity index (χ0v) is 10.6. The molecule has 0 amide bonds. The van der Waals surface area contributed by atoms with Crippen molar-refractivity contribution in [1.82, 2.24) is 5.32 Å². The SMILES string of the molecule is COc1ccccc1CNC1(C(=O)O)CCCC1. The highest BCUT2D eigenvalue weighted by atomic mass is 16.5. The molecule has 2 rings (SSSR count). The smallest absolute Gasteiger partial charge is 0.323 e. The van der Waals surface area contributed by atoms with Gasteiger partial charge in [-0.25, -0.2) is 0 Å². The van der Waals surface area contributed by atoms with Crippen LogP contribution >= 0.6 is 0 Å². The third-order valence-electron chi connectivity index (χ3n) is 3.68. The molecule has 0 radical (unpaired) electrons. The molecule has 1 aliphatic rings. The van der Waals surface area contributed by atoms with Crippen LogP contribution in [0.1, 0.15) is 31.2 Å². The Morgan fingerprint density at radius 3 is 2.67 bits per heavy atom. The molecule has 0 heterocycles. The van der Waals surface area contributed by atoms with Gasteiger partial charge in [-0.15, -0.1) is 0 Å². The van der Waals surface area contributed by atoms with Gasteiger partial charge in [-0.1, -0.05) is 31.0 Å². The number of rotatable bonds is 5. The number of nitrogens with one attached hydrogen (secondary N) is 1.